The van der Waals surface area contributed by atoms with Gasteiger partial charge in [-0.25, -0.2) is 0 Å². The third-order valence-electron chi connectivity index (χ3n) is 3.11. The fourth-order valence-corrected chi connectivity index (χ4v) is 2.09. The van der Waals surface area contributed by atoms with Crippen molar-refractivity contribution in [3.05, 3.63) is 0 Å². The molecule has 0 rings (SSSR count). The summed E-state index contributed by atoms with van der Waals surface area (Å²) in [5.41, 5.74) is 0. The van der Waals surface area contributed by atoms with Crippen molar-refractivity contribution in [3.8, 4) is 0 Å². The Kier molecular flexibility index (Phi) is 7.20. The number of hydrogen-bond donors (Lipinski definition) is 1. The molecule has 0 aliphatic heterocycles. The topological polar surface area (TPSA) is 15.3 Å². The van der Waals surface area contributed by atoms with Crippen LogP contribution in [0, 0.1) is 11.8 Å². The van der Waals surface area contributed by atoms with E-state index in [9.17, 15) is 0 Å². The van der Waals surface area contributed by atoms with E-state index in [1.807, 2.05) is 7.05 Å². The van der Waals surface area contributed by atoms with Gasteiger partial charge in [-0.05, 0) is 46.2 Å². The first-order chi connectivity index (χ1) is 6.90. The number of nitrogens with zero attached hydrogens (tertiary/aromatic N) is 1. The average Bonchev–Trinajstić information content (AvgIpc) is 2.12. The van der Waals surface area contributed by atoms with Gasteiger partial charge in [-0.2, -0.15) is 0 Å². The van der Waals surface area contributed by atoms with Gasteiger partial charge in [0.05, 0.1) is 0 Å². The Morgan fingerprint density at radius 2 is 1.53 bits per heavy atom. The molecule has 2 heteroatoms. The van der Waals surface area contributed by atoms with Crippen LogP contribution in [0.5, 0.6) is 0 Å². The summed E-state index contributed by atoms with van der Waals surface area (Å²) in [6, 6.07) is 1.29. The lowest BCUT2D eigenvalue weighted by Crippen LogP contribution is -2.46. The van der Waals surface area contributed by atoms with Gasteiger partial charge >= 0.3 is 0 Å². The van der Waals surface area contributed by atoms with Crippen molar-refractivity contribution in [1.29, 1.82) is 0 Å². The third-order valence-corrected chi connectivity index (χ3v) is 3.11. The van der Waals surface area contributed by atoms with E-state index >= 15 is 0 Å². The molecule has 2 atom stereocenters. The summed E-state index contributed by atoms with van der Waals surface area (Å²) < 4.78 is 0. The molecule has 0 bridgehead atoms. The van der Waals surface area contributed by atoms with Gasteiger partial charge in [-0.15, -0.1) is 0 Å². The van der Waals surface area contributed by atoms with Gasteiger partial charge in [0, 0.05) is 18.6 Å². The van der Waals surface area contributed by atoms with Crippen molar-refractivity contribution < 1.29 is 0 Å². The van der Waals surface area contributed by atoms with Gasteiger partial charge in [0.25, 0.3) is 0 Å². The maximum absolute atomic E-state index is 3.27. The van der Waals surface area contributed by atoms with E-state index in [0.717, 1.165) is 12.5 Å². The number of rotatable bonds is 7. The maximum atomic E-state index is 3.27. The molecule has 0 aliphatic carbocycles. The minimum atomic E-state index is 0.640. The van der Waals surface area contributed by atoms with Gasteiger partial charge in [0.2, 0.25) is 0 Å². The van der Waals surface area contributed by atoms with Crippen LogP contribution in [0.2, 0.25) is 0 Å². The summed E-state index contributed by atoms with van der Waals surface area (Å²) in [7, 11) is 2.03. The molecular weight excluding hydrogens is 184 g/mol. The van der Waals surface area contributed by atoms with Crippen LogP contribution in [-0.2, 0) is 0 Å². The van der Waals surface area contributed by atoms with Gasteiger partial charge in [-0.3, -0.25) is 4.90 Å². The van der Waals surface area contributed by atoms with E-state index in [1.54, 1.807) is 0 Å². The molecule has 0 amide bonds. The number of nitrogens with one attached hydrogen (secondary N) is 1. The zero-order valence-corrected chi connectivity index (χ0v) is 11.7. The van der Waals surface area contributed by atoms with E-state index in [-0.39, 0.29) is 0 Å². The minimum Gasteiger partial charge on any atom is -0.319 e. The van der Waals surface area contributed by atoms with E-state index < -0.39 is 0 Å². The van der Waals surface area contributed by atoms with Crippen molar-refractivity contribution in [1.82, 2.24) is 10.2 Å². The summed E-state index contributed by atoms with van der Waals surface area (Å²) in [4.78, 5) is 2.62. The predicted molar refractivity (Wildman–Crippen MR) is 69.2 cm³/mol. The molecule has 0 aromatic heterocycles. The molecule has 0 saturated heterocycles. The highest BCUT2D eigenvalue weighted by Crippen LogP contribution is 2.15. The second kappa shape index (κ2) is 7.24. The van der Waals surface area contributed by atoms with Crippen LogP contribution < -0.4 is 5.32 Å². The molecule has 2 nitrogen and oxygen atoms in total. The molecule has 0 radical (unpaired) electrons. The van der Waals surface area contributed by atoms with Crippen LogP contribution >= 0.6 is 0 Å². The predicted octanol–water partition coefficient (Wildman–Crippen LogP) is 2.60. The summed E-state index contributed by atoms with van der Waals surface area (Å²) in [6.07, 6.45) is 0. The molecule has 1 N–H and O–H groups in total. The third kappa shape index (κ3) is 5.53. The fraction of sp³-hybridized carbons (Fsp3) is 1.00. The zero-order valence-electron chi connectivity index (χ0n) is 11.7. The van der Waals surface area contributed by atoms with Crippen LogP contribution in [0.3, 0.4) is 0 Å². The highest BCUT2D eigenvalue weighted by molar-refractivity contribution is 4.77. The van der Waals surface area contributed by atoms with E-state index in [2.05, 4.69) is 51.8 Å². The summed E-state index contributed by atoms with van der Waals surface area (Å²) in [5, 5.41) is 3.27. The molecule has 0 aromatic rings. The molecule has 0 heterocycles. The lowest BCUT2D eigenvalue weighted by Gasteiger charge is -2.37. The van der Waals surface area contributed by atoms with Crippen LogP contribution in [-0.4, -0.2) is 37.1 Å². The molecule has 0 fully saturated rings. The second-order valence-corrected chi connectivity index (χ2v) is 5.46. The van der Waals surface area contributed by atoms with Crippen molar-refractivity contribution in [2.75, 3.05) is 20.1 Å². The second-order valence-electron chi connectivity index (χ2n) is 5.46. The zero-order chi connectivity index (χ0) is 12.0. The number of hydrogen-bond acceptors (Lipinski definition) is 2. The highest BCUT2D eigenvalue weighted by atomic mass is 15.2. The molecule has 2 unspecified atom stereocenters. The van der Waals surface area contributed by atoms with E-state index in [4.69, 9.17) is 0 Å². The van der Waals surface area contributed by atoms with Crippen molar-refractivity contribution in [2.24, 2.45) is 11.8 Å². The van der Waals surface area contributed by atoms with E-state index in [1.165, 1.54) is 6.54 Å². The normalized spacial score (nSPS) is 16.4. The summed E-state index contributed by atoms with van der Waals surface area (Å²) in [5.74, 6) is 1.45. The van der Waals surface area contributed by atoms with Gasteiger partial charge < -0.3 is 5.32 Å². The SMILES string of the molecule is CNCC(C)C(C)N(CC(C)C)C(C)C. The van der Waals surface area contributed by atoms with Gasteiger partial charge in [0.15, 0.2) is 0 Å². The van der Waals surface area contributed by atoms with Crippen molar-refractivity contribution in [3.63, 3.8) is 0 Å². The summed E-state index contributed by atoms with van der Waals surface area (Å²) in [6.45, 7) is 16.2. The van der Waals surface area contributed by atoms with Gasteiger partial charge in [0.1, 0.15) is 0 Å². The lowest BCUT2D eigenvalue weighted by atomic mass is 9.99. The average molecular weight is 214 g/mol. The Morgan fingerprint density at radius 3 is 1.87 bits per heavy atom. The molecule has 15 heavy (non-hydrogen) atoms. The van der Waals surface area contributed by atoms with Crippen molar-refractivity contribution in [2.45, 2.75) is 53.6 Å². The van der Waals surface area contributed by atoms with Crippen LogP contribution in [0.4, 0.5) is 0 Å². The maximum Gasteiger partial charge on any atom is 0.0107 e. The monoisotopic (exact) mass is 214 g/mol. The Labute approximate surface area is 96.4 Å². The van der Waals surface area contributed by atoms with E-state index in [0.29, 0.717) is 18.0 Å². The molecule has 0 saturated carbocycles. The van der Waals surface area contributed by atoms with Crippen LogP contribution in [0.15, 0.2) is 0 Å². The van der Waals surface area contributed by atoms with Crippen LogP contribution in [0.25, 0.3) is 0 Å². The first-order valence-electron chi connectivity index (χ1n) is 6.30. The molecule has 92 valence electrons. The Hall–Kier alpha value is -0.0800. The van der Waals surface area contributed by atoms with Crippen LogP contribution in [0.1, 0.15) is 41.5 Å². The first-order valence-corrected chi connectivity index (χ1v) is 6.30. The Morgan fingerprint density at radius 1 is 1.00 bits per heavy atom. The van der Waals surface area contributed by atoms with Gasteiger partial charge in [-0.1, -0.05) is 20.8 Å². The Balaban J connectivity index is 4.33. The van der Waals surface area contributed by atoms with Crippen molar-refractivity contribution >= 4 is 0 Å². The first kappa shape index (κ1) is 14.9. The fourth-order valence-electron chi connectivity index (χ4n) is 2.09. The molecule has 0 aliphatic rings. The Bertz CT molecular complexity index is 155. The highest BCUT2D eigenvalue weighted by Gasteiger charge is 2.22. The lowest BCUT2D eigenvalue weighted by molar-refractivity contribution is 0.109. The smallest absolute Gasteiger partial charge is 0.0107 e. The molecular formula is C13H30N2. The molecule has 0 spiro atoms. The largest absolute Gasteiger partial charge is 0.319 e. The minimum absolute atomic E-state index is 0.640. The standard InChI is InChI=1S/C13H30N2/c1-10(2)9-15(11(3)4)13(6)12(5)8-14-7/h10-14H,8-9H2,1-7H3. The quantitative estimate of drug-likeness (QED) is 0.701. The summed E-state index contributed by atoms with van der Waals surface area (Å²) >= 11 is 0. The molecule has 0 aromatic carbocycles.